The predicted molar refractivity (Wildman–Crippen MR) is 72.2 cm³/mol. The molecule has 106 valence electrons. The van der Waals surface area contributed by atoms with Crippen molar-refractivity contribution in [2.45, 2.75) is 37.7 Å². The number of nitrogens with two attached hydrogens (primary N) is 1. The molecule has 0 unspecified atom stereocenters. The highest BCUT2D eigenvalue weighted by Gasteiger charge is 2.48. The molecule has 19 heavy (non-hydrogen) atoms. The fourth-order valence-corrected chi connectivity index (χ4v) is 2.87. The summed E-state index contributed by atoms with van der Waals surface area (Å²) in [5.41, 5.74) is 4.48. The van der Waals surface area contributed by atoms with Crippen molar-refractivity contribution in [3.05, 3.63) is 22.7 Å². The molecule has 2 heterocycles. The molecule has 2 N–H and O–H groups in total. The fraction of sp³-hybridized carbons (Fsp3) is 0.667. The molecule has 7 heteroatoms. The highest BCUT2D eigenvalue weighted by Crippen LogP contribution is 2.40. The Bertz CT molecular complexity index is 501. The monoisotopic (exact) mass is 287 g/mol. The molecule has 1 aromatic rings. The number of hydrogen-bond acceptors (Lipinski definition) is 5. The van der Waals surface area contributed by atoms with Gasteiger partial charge in [-0.2, -0.15) is 4.98 Å². The van der Waals surface area contributed by atoms with Gasteiger partial charge in [0, 0.05) is 19.7 Å². The van der Waals surface area contributed by atoms with Gasteiger partial charge in [-0.05, 0) is 12.5 Å². The molecular weight excluding hydrogens is 270 g/mol. The third kappa shape index (κ3) is 2.48. The smallest absolute Gasteiger partial charge is 0.351 e. The Labute approximate surface area is 116 Å². The van der Waals surface area contributed by atoms with E-state index in [1.165, 1.54) is 4.57 Å². The number of ether oxygens (including phenoxy) is 2. The lowest BCUT2D eigenvalue weighted by molar-refractivity contribution is -0.0985. The molecule has 0 bridgehead atoms. The lowest BCUT2D eigenvalue weighted by atomic mass is 9.96. The van der Waals surface area contributed by atoms with Crippen molar-refractivity contribution in [3.8, 4) is 0 Å². The molecule has 1 fully saturated rings. The van der Waals surface area contributed by atoms with Crippen LogP contribution in [0.25, 0.3) is 0 Å². The van der Waals surface area contributed by atoms with Crippen molar-refractivity contribution in [2.24, 2.45) is 0 Å². The number of halogens is 1. The van der Waals surface area contributed by atoms with E-state index in [9.17, 15) is 4.79 Å². The summed E-state index contributed by atoms with van der Waals surface area (Å²) in [5, 5.41) is 0. The lowest BCUT2D eigenvalue weighted by Crippen LogP contribution is -2.41. The van der Waals surface area contributed by atoms with Gasteiger partial charge in [0.1, 0.15) is 17.6 Å². The summed E-state index contributed by atoms with van der Waals surface area (Å²) in [5.74, 6) is 0.511. The van der Waals surface area contributed by atoms with Gasteiger partial charge in [-0.25, -0.2) is 4.79 Å². The summed E-state index contributed by atoms with van der Waals surface area (Å²) in [6.45, 7) is 1.99. The van der Waals surface area contributed by atoms with Crippen LogP contribution in [-0.2, 0) is 9.47 Å². The van der Waals surface area contributed by atoms with Gasteiger partial charge in [0.05, 0.1) is 12.0 Å². The van der Waals surface area contributed by atoms with Crippen molar-refractivity contribution in [1.29, 1.82) is 0 Å². The summed E-state index contributed by atoms with van der Waals surface area (Å²) in [6.07, 6.45) is 2.28. The first-order chi connectivity index (χ1) is 9.06. The quantitative estimate of drug-likeness (QED) is 0.840. The Balaban J connectivity index is 2.31. The normalized spacial score (nSPS) is 30.7. The third-order valence-corrected chi connectivity index (χ3v) is 4.10. The van der Waals surface area contributed by atoms with Gasteiger partial charge in [0.25, 0.3) is 0 Å². The second-order valence-electron chi connectivity index (χ2n) is 4.63. The molecule has 0 radical (unpaired) electrons. The van der Waals surface area contributed by atoms with Crippen LogP contribution >= 0.6 is 11.6 Å². The Morgan fingerprint density at radius 2 is 2.47 bits per heavy atom. The first-order valence-corrected chi connectivity index (χ1v) is 6.71. The van der Waals surface area contributed by atoms with Crippen LogP contribution < -0.4 is 11.4 Å². The zero-order valence-corrected chi connectivity index (χ0v) is 11.8. The van der Waals surface area contributed by atoms with Crippen molar-refractivity contribution in [1.82, 2.24) is 9.55 Å². The second-order valence-corrected chi connectivity index (χ2v) is 4.89. The highest BCUT2D eigenvalue weighted by atomic mass is 35.5. The van der Waals surface area contributed by atoms with E-state index in [1.807, 2.05) is 6.92 Å². The van der Waals surface area contributed by atoms with Crippen molar-refractivity contribution < 1.29 is 9.47 Å². The van der Waals surface area contributed by atoms with Gasteiger partial charge in [0.2, 0.25) is 0 Å². The van der Waals surface area contributed by atoms with E-state index >= 15 is 0 Å². The molecule has 1 aromatic heterocycles. The third-order valence-electron chi connectivity index (χ3n) is 3.64. The number of anilines is 1. The maximum atomic E-state index is 11.8. The van der Waals surface area contributed by atoms with E-state index in [4.69, 9.17) is 26.8 Å². The zero-order valence-electron chi connectivity index (χ0n) is 11.0. The summed E-state index contributed by atoms with van der Waals surface area (Å²) in [6, 6.07) is 1.57. The minimum absolute atomic E-state index is 0.149. The average molecular weight is 288 g/mol. The minimum Gasteiger partial charge on any atom is -0.383 e. The zero-order chi connectivity index (χ0) is 14.0. The molecule has 3 atom stereocenters. The number of alkyl halides is 1. The molecule has 6 nitrogen and oxygen atoms in total. The van der Waals surface area contributed by atoms with Gasteiger partial charge in [-0.3, -0.25) is 4.57 Å². The van der Waals surface area contributed by atoms with E-state index in [1.54, 1.807) is 19.4 Å². The van der Waals surface area contributed by atoms with Gasteiger partial charge in [-0.15, -0.1) is 11.6 Å². The van der Waals surface area contributed by atoms with Crippen molar-refractivity contribution >= 4 is 17.4 Å². The molecular formula is C12H18ClN3O3. The number of nitrogens with zero attached hydrogens (tertiary/aromatic N) is 2. The highest BCUT2D eigenvalue weighted by molar-refractivity contribution is 6.18. The van der Waals surface area contributed by atoms with Crippen LogP contribution in [0.2, 0.25) is 0 Å². The molecule has 0 amide bonds. The molecule has 0 spiro atoms. The molecule has 2 rings (SSSR count). The minimum atomic E-state index is -0.568. The Morgan fingerprint density at radius 3 is 2.95 bits per heavy atom. The number of aromatic nitrogens is 2. The first-order valence-electron chi connectivity index (χ1n) is 6.17. The molecule has 1 aliphatic rings. The van der Waals surface area contributed by atoms with Gasteiger partial charge in [-0.1, -0.05) is 6.92 Å². The number of hydrogen-bond donors (Lipinski definition) is 1. The summed E-state index contributed by atoms with van der Waals surface area (Å²) in [7, 11) is 1.62. The Kier molecular flexibility index (Phi) is 4.13. The van der Waals surface area contributed by atoms with Gasteiger partial charge < -0.3 is 15.2 Å². The maximum absolute atomic E-state index is 11.8. The standard InChI is InChI=1S/C12H18ClN3O3/c1-3-12(7-13)8(18-2)6-10(19-12)16-5-4-9(14)15-11(16)17/h4-5,8,10H,3,6-7H2,1-2H3,(H2,14,15,17)/t8-,10+,12-/m0/s1. The lowest BCUT2D eigenvalue weighted by Gasteiger charge is -2.30. The van der Waals surface area contributed by atoms with Crippen LogP contribution in [-0.4, -0.2) is 34.2 Å². The second kappa shape index (κ2) is 5.48. The Morgan fingerprint density at radius 1 is 1.74 bits per heavy atom. The number of nitrogen functional groups attached to an aromatic ring is 1. The molecule has 1 aliphatic heterocycles. The predicted octanol–water partition coefficient (Wildman–Crippen LogP) is 1.15. The van der Waals surface area contributed by atoms with Crippen LogP contribution in [0.15, 0.2) is 17.1 Å². The maximum Gasteiger partial charge on any atom is 0.351 e. The van der Waals surface area contributed by atoms with E-state index in [2.05, 4.69) is 4.98 Å². The SMILES string of the molecule is CC[C@@]1(CCl)O[C@@H](n2ccc(N)nc2=O)C[C@@H]1OC. The van der Waals surface area contributed by atoms with E-state index < -0.39 is 17.5 Å². The van der Waals surface area contributed by atoms with Crippen LogP contribution in [0.1, 0.15) is 26.0 Å². The summed E-state index contributed by atoms with van der Waals surface area (Å²) < 4.78 is 12.9. The molecule has 0 aliphatic carbocycles. The fourth-order valence-electron chi connectivity index (χ4n) is 2.44. The van der Waals surface area contributed by atoms with E-state index in [0.717, 1.165) is 0 Å². The summed E-state index contributed by atoms with van der Waals surface area (Å²) in [4.78, 5) is 15.5. The van der Waals surface area contributed by atoms with E-state index in [0.29, 0.717) is 18.7 Å². The van der Waals surface area contributed by atoms with E-state index in [-0.39, 0.29) is 11.9 Å². The number of methoxy groups -OCH3 is 1. The van der Waals surface area contributed by atoms with Crippen molar-refractivity contribution in [3.63, 3.8) is 0 Å². The van der Waals surface area contributed by atoms with Gasteiger partial charge in [0.15, 0.2) is 0 Å². The molecule has 1 saturated heterocycles. The largest absolute Gasteiger partial charge is 0.383 e. The molecule has 0 aromatic carbocycles. The molecule has 0 saturated carbocycles. The number of rotatable bonds is 4. The first kappa shape index (κ1) is 14.3. The van der Waals surface area contributed by atoms with Gasteiger partial charge >= 0.3 is 5.69 Å². The van der Waals surface area contributed by atoms with Crippen LogP contribution in [0.4, 0.5) is 5.82 Å². The topological polar surface area (TPSA) is 79.4 Å². The van der Waals surface area contributed by atoms with Crippen molar-refractivity contribution in [2.75, 3.05) is 18.7 Å². The van der Waals surface area contributed by atoms with Crippen LogP contribution in [0.3, 0.4) is 0 Å². The van der Waals surface area contributed by atoms with Crippen LogP contribution in [0.5, 0.6) is 0 Å². The summed E-state index contributed by atoms with van der Waals surface area (Å²) >= 11 is 6.03. The Hall–Kier alpha value is -1.11. The average Bonchev–Trinajstić information content (AvgIpc) is 2.78. The van der Waals surface area contributed by atoms with Crippen LogP contribution in [0, 0.1) is 0 Å².